The summed E-state index contributed by atoms with van der Waals surface area (Å²) in [6, 6.07) is 22.7. The molecule has 0 fully saturated rings. The molecule has 0 bridgehead atoms. The summed E-state index contributed by atoms with van der Waals surface area (Å²) in [6.45, 7) is 0. The van der Waals surface area contributed by atoms with Gasteiger partial charge in [-0.2, -0.15) is 0 Å². The lowest BCUT2D eigenvalue weighted by atomic mass is 10.2. The van der Waals surface area contributed by atoms with Crippen LogP contribution in [0.2, 0.25) is 0 Å². The molecule has 0 atom stereocenters. The number of nitrogens with zero attached hydrogens (tertiary/aromatic N) is 1. The number of pyridine rings is 1. The van der Waals surface area contributed by atoms with E-state index in [1.54, 1.807) is 18.3 Å². The molecular weight excluding hydrogens is 334 g/mol. The third kappa shape index (κ3) is 5.32. The van der Waals surface area contributed by atoms with E-state index in [0.29, 0.717) is 12.2 Å². The summed E-state index contributed by atoms with van der Waals surface area (Å²) in [5.74, 6) is 0.328. The average Bonchev–Trinajstić information content (AvgIpc) is 2.63. The van der Waals surface area contributed by atoms with Crippen LogP contribution >= 0.6 is 0 Å². The number of benzene rings is 2. The van der Waals surface area contributed by atoms with E-state index in [1.165, 1.54) is 0 Å². The monoisotopic (exact) mass is 353 g/mol. The maximum atomic E-state index is 12.2. The standard InChI is InChI=1S/C19H19N3O2S/c23-25(24,14-13-16-7-3-1-4-8-16)22-19-12-11-18(15-20-19)21-17-9-5-2-6-10-17/h1-12,15,21H,13-14H2,(H,20,22). The van der Waals surface area contributed by atoms with Crippen molar-refractivity contribution >= 4 is 27.2 Å². The zero-order chi connectivity index (χ0) is 17.5. The smallest absolute Gasteiger partial charge is 0.234 e. The first-order valence-corrected chi connectivity index (χ1v) is 9.58. The van der Waals surface area contributed by atoms with Gasteiger partial charge in [-0.15, -0.1) is 0 Å². The fourth-order valence-electron chi connectivity index (χ4n) is 2.32. The molecule has 1 heterocycles. The zero-order valence-electron chi connectivity index (χ0n) is 13.6. The Labute approximate surface area is 147 Å². The lowest BCUT2D eigenvalue weighted by molar-refractivity contribution is 0.600. The molecule has 3 aromatic rings. The van der Waals surface area contributed by atoms with E-state index in [2.05, 4.69) is 15.0 Å². The zero-order valence-corrected chi connectivity index (χ0v) is 14.4. The molecule has 0 aliphatic rings. The largest absolute Gasteiger partial charge is 0.354 e. The van der Waals surface area contributed by atoms with Gasteiger partial charge >= 0.3 is 0 Å². The van der Waals surface area contributed by atoms with Crippen LogP contribution in [0.25, 0.3) is 0 Å². The lowest BCUT2D eigenvalue weighted by Crippen LogP contribution is -2.18. The molecule has 3 rings (SSSR count). The molecule has 0 aliphatic heterocycles. The molecule has 5 nitrogen and oxygen atoms in total. The number of sulfonamides is 1. The van der Waals surface area contributed by atoms with Crippen molar-refractivity contribution < 1.29 is 8.42 Å². The minimum atomic E-state index is -3.44. The van der Waals surface area contributed by atoms with Gasteiger partial charge in [-0.1, -0.05) is 48.5 Å². The highest BCUT2D eigenvalue weighted by Crippen LogP contribution is 2.17. The normalized spacial score (nSPS) is 11.0. The van der Waals surface area contributed by atoms with Gasteiger partial charge in [0.2, 0.25) is 10.0 Å². The minimum absolute atomic E-state index is 0.0166. The van der Waals surface area contributed by atoms with Gasteiger partial charge in [0.05, 0.1) is 17.6 Å². The summed E-state index contributed by atoms with van der Waals surface area (Å²) >= 11 is 0. The van der Waals surface area contributed by atoms with Crippen molar-refractivity contribution in [3.05, 3.63) is 84.6 Å². The molecule has 2 aromatic carbocycles. The van der Waals surface area contributed by atoms with Crippen LogP contribution in [-0.2, 0) is 16.4 Å². The summed E-state index contributed by atoms with van der Waals surface area (Å²) < 4.78 is 26.9. The molecular formula is C19H19N3O2S. The van der Waals surface area contributed by atoms with E-state index in [4.69, 9.17) is 0 Å². The number of anilines is 3. The van der Waals surface area contributed by atoms with E-state index >= 15 is 0 Å². The van der Waals surface area contributed by atoms with Gasteiger partial charge in [0, 0.05) is 5.69 Å². The molecule has 0 amide bonds. The topological polar surface area (TPSA) is 71.1 Å². The van der Waals surface area contributed by atoms with E-state index in [-0.39, 0.29) is 5.75 Å². The summed E-state index contributed by atoms with van der Waals surface area (Å²) in [5, 5.41) is 3.20. The number of rotatable bonds is 7. The second kappa shape index (κ2) is 7.81. The van der Waals surface area contributed by atoms with Crippen LogP contribution in [0.1, 0.15) is 5.56 Å². The first kappa shape index (κ1) is 17.0. The van der Waals surface area contributed by atoms with Crippen molar-refractivity contribution in [3.8, 4) is 0 Å². The lowest BCUT2D eigenvalue weighted by Gasteiger charge is -2.09. The first-order valence-electron chi connectivity index (χ1n) is 7.93. The summed E-state index contributed by atoms with van der Waals surface area (Å²) in [6.07, 6.45) is 2.06. The Morgan fingerprint density at radius 3 is 2.12 bits per heavy atom. The molecule has 0 saturated heterocycles. The van der Waals surface area contributed by atoms with Crippen LogP contribution in [0.15, 0.2) is 79.0 Å². The second-order valence-corrected chi connectivity index (χ2v) is 7.42. The summed E-state index contributed by atoms with van der Waals surface area (Å²) in [7, 11) is -3.44. The number of aryl methyl sites for hydroxylation is 1. The number of nitrogens with one attached hydrogen (secondary N) is 2. The van der Waals surface area contributed by atoms with Gasteiger partial charge in [-0.25, -0.2) is 13.4 Å². The Hall–Kier alpha value is -2.86. The van der Waals surface area contributed by atoms with Crippen LogP contribution < -0.4 is 10.0 Å². The third-order valence-corrected chi connectivity index (χ3v) is 4.85. The predicted octanol–water partition coefficient (Wildman–Crippen LogP) is 3.81. The quantitative estimate of drug-likeness (QED) is 0.677. The molecule has 0 spiro atoms. The molecule has 25 heavy (non-hydrogen) atoms. The van der Waals surface area contributed by atoms with Crippen molar-refractivity contribution in [2.75, 3.05) is 15.8 Å². The van der Waals surface area contributed by atoms with E-state index in [1.807, 2.05) is 60.7 Å². The maximum Gasteiger partial charge on any atom is 0.234 e. The summed E-state index contributed by atoms with van der Waals surface area (Å²) in [5.41, 5.74) is 2.72. The molecule has 0 aliphatic carbocycles. The number of aromatic nitrogens is 1. The fourth-order valence-corrected chi connectivity index (χ4v) is 3.37. The van der Waals surface area contributed by atoms with Gasteiger partial charge in [-0.05, 0) is 36.2 Å². The van der Waals surface area contributed by atoms with Gasteiger partial charge in [0.25, 0.3) is 0 Å². The van der Waals surface area contributed by atoms with Gasteiger partial charge < -0.3 is 5.32 Å². The first-order chi connectivity index (χ1) is 12.1. The van der Waals surface area contributed by atoms with Crippen LogP contribution in [0, 0.1) is 0 Å². The Balaban J connectivity index is 1.58. The highest BCUT2D eigenvalue weighted by atomic mass is 32.2. The van der Waals surface area contributed by atoms with Crippen LogP contribution in [0.5, 0.6) is 0 Å². The van der Waals surface area contributed by atoms with Gasteiger partial charge in [0.15, 0.2) is 0 Å². The average molecular weight is 353 g/mol. The second-order valence-electron chi connectivity index (χ2n) is 5.58. The SMILES string of the molecule is O=S(=O)(CCc1ccccc1)Nc1ccc(Nc2ccccc2)cn1. The van der Waals surface area contributed by atoms with Crippen LogP contribution in [-0.4, -0.2) is 19.2 Å². The Kier molecular flexibility index (Phi) is 5.30. The van der Waals surface area contributed by atoms with Crippen molar-refractivity contribution in [1.82, 2.24) is 4.98 Å². The van der Waals surface area contributed by atoms with E-state index < -0.39 is 10.0 Å². The summed E-state index contributed by atoms with van der Waals surface area (Å²) in [4.78, 5) is 4.16. The maximum absolute atomic E-state index is 12.2. The fraction of sp³-hybridized carbons (Fsp3) is 0.105. The van der Waals surface area contributed by atoms with Crippen LogP contribution in [0.3, 0.4) is 0 Å². The third-order valence-electron chi connectivity index (χ3n) is 3.59. The van der Waals surface area contributed by atoms with Crippen molar-refractivity contribution in [2.24, 2.45) is 0 Å². The highest BCUT2D eigenvalue weighted by Gasteiger charge is 2.11. The van der Waals surface area contributed by atoms with Gasteiger partial charge in [-0.3, -0.25) is 4.72 Å². The van der Waals surface area contributed by atoms with Crippen LogP contribution in [0.4, 0.5) is 17.2 Å². The highest BCUT2D eigenvalue weighted by molar-refractivity contribution is 7.92. The van der Waals surface area contributed by atoms with Crippen molar-refractivity contribution in [3.63, 3.8) is 0 Å². The molecule has 0 radical (unpaired) electrons. The number of hydrogen-bond donors (Lipinski definition) is 2. The molecule has 0 unspecified atom stereocenters. The Morgan fingerprint density at radius 2 is 1.48 bits per heavy atom. The Bertz CT molecular complexity index is 896. The Morgan fingerprint density at radius 1 is 0.800 bits per heavy atom. The van der Waals surface area contributed by atoms with E-state index in [9.17, 15) is 8.42 Å². The minimum Gasteiger partial charge on any atom is -0.354 e. The molecule has 128 valence electrons. The molecule has 0 saturated carbocycles. The molecule has 6 heteroatoms. The van der Waals surface area contributed by atoms with E-state index in [0.717, 1.165) is 16.9 Å². The van der Waals surface area contributed by atoms with Crippen molar-refractivity contribution in [1.29, 1.82) is 0 Å². The molecule has 2 N–H and O–H groups in total. The van der Waals surface area contributed by atoms with Crippen molar-refractivity contribution in [2.45, 2.75) is 6.42 Å². The predicted molar refractivity (Wildman–Crippen MR) is 102 cm³/mol. The molecule has 1 aromatic heterocycles. The number of para-hydroxylation sites is 1. The number of hydrogen-bond acceptors (Lipinski definition) is 4. The van der Waals surface area contributed by atoms with Gasteiger partial charge in [0.1, 0.15) is 5.82 Å².